The Hall–Kier alpha value is -3.55. The van der Waals surface area contributed by atoms with Crippen molar-refractivity contribution in [3.05, 3.63) is 106 Å². The smallest absolute Gasteiger partial charge is 0.335 e. The number of rotatable bonds is 11. The van der Waals surface area contributed by atoms with E-state index in [0.717, 1.165) is 27.7 Å². The van der Waals surface area contributed by atoms with Crippen molar-refractivity contribution in [2.24, 2.45) is 0 Å². The number of aromatic nitrogens is 1. The van der Waals surface area contributed by atoms with Gasteiger partial charge in [-0.05, 0) is 60.0 Å². The van der Waals surface area contributed by atoms with E-state index in [4.69, 9.17) is 21.4 Å². The Kier molecular flexibility index (Phi) is 8.46. The van der Waals surface area contributed by atoms with Crippen molar-refractivity contribution in [2.75, 3.05) is 5.75 Å². The van der Waals surface area contributed by atoms with Gasteiger partial charge in [0.05, 0.1) is 23.2 Å². The summed E-state index contributed by atoms with van der Waals surface area (Å²) in [4.78, 5) is 27.1. The van der Waals surface area contributed by atoms with Crippen molar-refractivity contribution >= 4 is 46.2 Å². The molecule has 1 heterocycles. The van der Waals surface area contributed by atoms with Crippen LogP contribution < -0.4 is 4.74 Å². The molecule has 184 valence electrons. The first-order valence-electron chi connectivity index (χ1n) is 11.3. The van der Waals surface area contributed by atoms with Crippen LogP contribution in [0.3, 0.4) is 0 Å². The van der Waals surface area contributed by atoms with Crippen molar-refractivity contribution in [1.29, 1.82) is 0 Å². The number of aromatic carboxylic acids is 1. The van der Waals surface area contributed by atoms with E-state index >= 15 is 0 Å². The van der Waals surface area contributed by atoms with Crippen LogP contribution in [0.25, 0.3) is 10.9 Å². The molecule has 0 aliphatic rings. The second-order valence-corrected chi connectivity index (χ2v) is 9.96. The molecular formula is C28H24ClNO5S. The quantitative estimate of drug-likeness (QED) is 0.228. The van der Waals surface area contributed by atoms with Crippen molar-refractivity contribution in [3.63, 3.8) is 0 Å². The molecule has 1 unspecified atom stereocenters. The van der Waals surface area contributed by atoms with Gasteiger partial charge in [-0.2, -0.15) is 11.8 Å². The number of benzene rings is 3. The third-order valence-electron chi connectivity index (χ3n) is 5.56. The highest BCUT2D eigenvalue weighted by atomic mass is 35.5. The van der Waals surface area contributed by atoms with Crippen LogP contribution in [-0.2, 0) is 17.8 Å². The van der Waals surface area contributed by atoms with E-state index in [-0.39, 0.29) is 23.8 Å². The molecule has 0 spiro atoms. The molecule has 0 bridgehead atoms. The maximum atomic E-state index is 11.4. The number of carboxylic acid groups (broad SMARTS) is 2. The first kappa shape index (κ1) is 25.5. The number of hydrogen-bond donors (Lipinski definition) is 2. The number of carbonyl (C=O) groups is 2. The molecule has 0 radical (unpaired) electrons. The van der Waals surface area contributed by atoms with E-state index in [9.17, 15) is 14.7 Å². The third kappa shape index (κ3) is 6.99. The lowest BCUT2D eigenvalue weighted by molar-refractivity contribution is -0.136. The fourth-order valence-corrected chi connectivity index (χ4v) is 5.17. The molecule has 4 aromatic rings. The van der Waals surface area contributed by atoms with Gasteiger partial charge < -0.3 is 14.9 Å². The predicted molar refractivity (Wildman–Crippen MR) is 142 cm³/mol. The molecule has 0 fully saturated rings. The normalized spacial score (nSPS) is 11.8. The third-order valence-corrected chi connectivity index (χ3v) is 7.07. The average Bonchev–Trinajstić information content (AvgIpc) is 2.86. The minimum Gasteiger partial charge on any atom is -0.487 e. The zero-order valence-corrected chi connectivity index (χ0v) is 20.8. The summed E-state index contributed by atoms with van der Waals surface area (Å²) in [6, 6.07) is 24.0. The van der Waals surface area contributed by atoms with Crippen LogP contribution in [0.5, 0.6) is 5.75 Å². The van der Waals surface area contributed by atoms with Crippen LogP contribution in [0.2, 0.25) is 5.02 Å². The number of hydrogen-bond acceptors (Lipinski definition) is 5. The fraction of sp³-hybridized carbons (Fsp3) is 0.179. The van der Waals surface area contributed by atoms with Gasteiger partial charge in [0.25, 0.3) is 0 Å². The molecule has 2 N–H and O–H groups in total. The molecule has 8 heteroatoms. The molecule has 36 heavy (non-hydrogen) atoms. The van der Waals surface area contributed by atoms with Gasteiger partial charge in [0.1, 0.15) is 12.4 Å². The lowest BCUT2D eigenvalue weighted by atomic mass is 10.0. The Morgan fingerprint density at radius 1 is 0.972 bits per heavy atom. The molecule has 0 amide bonds. The number of halogens is 1. The van der Waals surface area contributed by atoms with E-state index in [1.54, 1.807) is 18.2 Å². The zero-order valence-electron chi connectivity index (χ0n) is 19.3. The van der Waals surface area contributed by atoms with Gasteiger partial charge in [-0.1, -0.05) is 48.0 Å². The summed E-state index contributed by atoms with van der Waals surface area (Å²) in [7, 11) is 0. The molecule has 0 aliphatic heterocycles. The summed E-state index contributed by atoms with van der Waals surface area (Å²) in [5, 5.41) is 20.0. The van der Waals surface area contributed by atoms with Crippen molar-refractivity contribution in [2.45, 2.75) is 24.7 Å². The van der Waals surface area contributed by atoms with E-state index in [1.165, 1.54) is 11.8 Å². The van der Waals surface area contributed by atoms with E-state index in [2.05, 4.69) is 4.98 Å². The first-order valence-corrected chi connectivity index (χ1v) is 12.7. The van der Waals surface area contributed by atoms with Crippen LogP contribution in [0, 0.1) is 0 Å². The summed E-state index contributed by atoms with van der Waals surface area (Å²) in [5.41, 5.74) is 3.64. The molecule has 6 nitrogen and oxygen atoms in total. The van der Waals surface area contributed by atoms with Gasteiger partial charge in [-0.25, -0.2) is 9.78 Å². The summed E-state index contributed by atoms with van der Waals surface area (Å²) in [6.45, 7) is 0.281. The van der Waals surface area contributed by atoms with Crippen LogP contribution in [0.4, 0.5) is 0 Å². The number of ether oxygens (including phenoxy) is 1. The predicted octanol–water partition coefficient (Wildman–Crippen LogP) is 6.66. The molecule has 3 aromatic carbocycles. The van der Waals surface area contributed by atoms with Gasteiger partial charge in [0, 0.05) is 21.4 Å². The number of fused-ring (bicyclic) bond motifs is 1. The second-order valence-electron chi connectivity index (χ2n) is 8.21. The summed E-state index contributed by atoms with van der Waals surface area (Å²) in [6.07, 6.45) is 0.603. The van der Waals surface area contributed by atoms with Gasteiger partial charge in [-0.3, -0.25) is 4.79 Å². The number of nitrogens with zero attached hydrogens (tertiary/aromatic N) is 1. The Bertz CT molecular complexity index is 1390. The number of pyridine rings is 1. The van der Waals surface area contributed by atoms with Crippen molar-refractivity contribution in [1.82, 2.24) is 4.98 Å². The summed E-state index contributed by atoms with van der Waals surface area (Å²) in [5.74, 6) is -0.723. The maximum absolute atomic E-state index is 11.4. The number of thioether (sulfide) groups is 1. The largest absolute Gasteiger partial charge is 0.487 e. The van der Waals surface area contributed by atoms with E-state index in [0.29, 0.717) is 22.9 Å². The second kappa shape index (κ2) is 11.9. The number of carboxylic acids is 2. The molecule has 0 saturated heterocycles. The minimum atomic E-state index is -0.980. The topological polar surface area (TPSA) is 96.7 Å². The first-order chi connectivity index (χ1) is 17.4. The molecular weight excluding hydrogens is 498 g/mol. The lowest BCUT2D eigenvalue weighted by Crippen LogP contribution is -2.05. The van der Waals surface area contributed by atoms with Gasteiger partial charge in [0.15, 0.2) is 0 Å². The monoisotopic (exact) mass is 521 g/mol. The highest BCUT2D eigenvalue weighted by Crippen LogP contribution is 2.35. The van der Waals surface area contributed by atoms with E-state index in [1.807, 2.05) is 60.7 Å². The number of aliphatic carboxylic acids is 1. The van der Waals surface area contributed by atoms with Gasteiger partial charge in [0.2, 0.25) is 0 Å². The SMILES string of the molecule is O=C(O)CCSC(Cc1cccc(C(=O)O)c1)c1cccc(OCc2ccc3ccc(Cl)cc3n2)c1. The molecule has 1 aromatic heterocycles. The Morgan fingerprint density at radius 3 is 2.58 bits per heavy atom. The standard InChI is InChI=1S/C28H24ClNO5S/c29-22-9-7-19-8-10-23(30-25(19)16-22)17-35-24-6-2-4-20(15-24)26(36-12-11-27(31)32)14-18-3-1-5-21(13-18)28(33)34/h1-10,13,15-16,26H,11-12,14,17H2,(H,31,32)(H,33,34). The summed E-state index contributed by atoms with van der Waals surface area (Å²) < 4.78 is 6.03. The van der Waals surface area contributed by atoms with E-state index < -0.39 is 11.9 Å². The Morgan fingerprint density at radius 2 is 1.78 bits per heavy atom. The fourth-order valence-electron chi connectivity index (χ4n) is 3.78. The van der Waals surface area contributed by atoms with Crippen molar-refractivity contribution < 1.29 is 24.5 Å². The minimum absolute atomic E-state index is 0.0458. The lowest BCUT2D eigenvalue weighted by Gasteiger charge is -2.18. The van der Waals surface area contributed by atoms with Gasteiger partial charge in [-0.15, -0.1) is 0 Å². The maximum Gasteiger partial charge on any atom is 0.335 e. The van der Waals surface area contributed by atoms with Crippen LogP contribution in [0.15, 0.2) is 78.9 Å². The Labute approximate surface area is 217 Å². The highest BCUT2D eigenvalue weighted by Gasteiger charge is 2.16. The Balaban J connectivity index is 1.51. The van der Waals surface area contributed by atoms with Crippen LogP contribution >= 0.6 is 23.4 Å². The van der Waals surface area contributed by atoms with Gasteiger partial charge >= 0.3 is 11.9 Å². The molecule has 0 aliphatic carbocycles. The molecule has 1 atom stereocenters. The van der Waals surface area contributed by atoms with Crippen LogP contribution in [0.1, 0.15) is 38.8 Å². The average molecular weight is 522 g/mol. The van der Waals surface area contributed by atoms with Crippen molar-refractivity contribution in [3.8, 4) is 5.75 Å². The highest BCUT2D eigenvalue weighted by molar-refractivity contribution is 7.99. The summed E-state index contributed by atoms with van der Waals surface area (Å²) >= 11 is 7.62. The zero-order chi connectivity index (χ0) is 25.5. The van der Waals surface area contributed by atoms with Crippen LogP contribution in [-0.4, -0.2) is 32.9 Å². The molecule has 0 saturated carbocycles. The molecule has 4 rings (SSSR count).